The van der Waals surface area contributed by atoms with Crippen LogP contribution in [0.15, 0.2) is 4.99 Å². The van der Waals surface area contributed by atoms with Crippen LogP contribution >= 0.6 is 0 Å². The van der Waals surface area contributed by atoms with E-state index in [1.54, 1.807) is 7.11 Å². The molecule has 0 heterocycles. The first-order valence-electron chi connectivity index (χ1n) is 8.41. The van der Waals surface area contributed by atoms with Gasteiger partial charge in [-0.2, -0.15) is 0 Å². The molecule has 1 rings (SSSR count). The summed E-state index contributed by atoms with van der Waals surface area (Å²) in [6, 6.07) is 0. The van der Waals surface area contributed by atoms with Crippen molar-refractivity contribution < 1.29 is 9.47 Å². The van der Waals surface area contributed by atoms with Gasteiger partial charge in [-0.1, -0.05) is 26.2 Å². The molecule has 0 aromatic rings. The van der Waals surface area contributed by atoms with E-state index in [2.05, 4.69) is 24.5 Å². The lowest BCUT2D eigenvalue weighted by atomic mass is 9.84. The zero-order chi connectivity index (χ0) is 15.4. The van der Waals surface area contributed by atoms with Crippen molar-refractivity contribution in [2.45, 2.75) is 58.0 Å². The van der Waals surface area contributed by atoms with Crippen molar-refractivity contribution in [3.8, 4) is 0 Å². The molecule has 0 aromatic carbocycles. The van der Waals surface area contributed by atoms with Crippen LogP contribution in [0.5, 0.6) is 0 Å². The van der Waals surface area contributed by atoms with Gasteiger partial charge in [-0.15, -0.1) is 0 Å². The Bertz CT molecular complexity index is 289. The number of ether oxygens (including phenoxy) is 2. The number of nitrogens with zero attached hydrogens (tertiary/aromatic N) is 1. The topological polar surface area (TPSA) is 54.9 Å². The van der Waals surface area contributed by atoms with Crippen molar-refractivity contribution in [2.75, 3.05) is 40.0 Å². The van der Waals surface area contributed by atoms with E-state index in [4.69, 9.17) is 14.5 Å². The maximum absolute atomic E-state index is 6.19. The van der Waals surface area contributed by atoms with Crippen molar-refractivity contribution in [2.24, 2.45) is 4.99 Å². The summed E-state index contributed by atoms with van der Waals surface area (Å²) in [5.41, 5.74) is -0.0438. The number of hydrogen-bond acceptors (Lipinski definition) is 3. The Morgan fingerprint density at radius 2 is 1.86 bits per heavy atom. The molecule has 0 aliphatic heterocycles. The Balaban J connectivity index is 2.58. The molecule has 1 aliphatic carbocycles. The minimum atomic E-state index is -0.0438. The first-order valence-corrected chi connectivity index (χ1v) is 8.41. The highest BCUT2D eigenvalue weighted by Gasteiger charge is 2.32. The van der Waals surface area contributed by atoms with Crippen molar-refractivity contribution in [1.82, 2.24) is 10.6 Å². The first kappa shape index (κ1) is 18.2. The third-order valence-corrected chi connectivity index (χ3v) is 3.85. The van der Waals surface area contributed by atoms with E-state index in [0.29, 0.717) is 6.61 Å². The summed E-state index contributed by atoms with van der Waals surface area (Å²) in [5, 5.41) is 6.57. The fourth-order valence-electron chi connectivity index (χ4n) is 2.70. The highest BCUT2D eigenvalue weighted by Crippen LogP contribution is 2.32. The molecule has 1 fully saturated rings. The molecule has 0 atom stereocenters. The fourth-order valence-corrected chi connectivity index (χ4v) is 2.70. The molecular formula is C16H33N3O2. The minimum absolute atomic E-state index is 0.0438. The van der Waals surface area contributed by atoms with E-state index < -0.39 is 0 Å². The molecular weight excluding hydrogens is 266 g/mol. The van der Waals surface area contributed by atoms with Crippen molar-refractivity contribution in [3.05, 3.63) is 0 Å². The Kier molecular flexibility index (Phi) is 9.42. The molecule has 0 bridgehead atoms. The number of nitrogens with one attached hydrogen (secondary N) is 2. The van der Waals surface area contributed by atoms with Crippen LogP contribution in [-0.4, -0.2) is 51.5 Å². The largest absolute Gasteiger partial charge is 0.383 e. The number of rotatable bonds is 9. The van der Waals surface area contributed by atoms with E-state index >= 15 is 0 Å². The number of methoxy groups -OCH3 is 1. The van der Waals surface area contributed by atoms with Crippen LogP contribution in [0.2, 0.25) is 0 Å². The predicted octanol–water partition coefficient (Wildman–Crippen LogP) is 2.32. The molecule has 0 saturated heterocycles. The molecule has 5 heteroatoms. The molecule has 0 aromatic heterocycles. The molecule has 21 heavy (non-hydrogen) atoms. The highest BCUT2D eigenvalue weighted by molar-refractivity contribution is 5.79. The summed E-state index contributed by atoms with van der Waals surface area (Å²) in [6.07, 6.45) is 7.17. The van der Waals surface area contributed by atoms with Crippen molar-refractivity contribution in [1.29, 1.82) is 0 Å². The summed E-state index contributed by atoms with van der Waals surface area (Å²) >= 11 is 0. The zero-order valence-corrected chi connectivity index (χ0v) is 14.0. The van der Waals surface area contributed by atoms with Crippen molar-refractivity contribution >= 4 is 5.96 Å². The molecule has 1 aliphatic rings. The lowest BCUT2D eigenvalue weighted by Crippen LogP contribution is -2.43. The minimum Gasteiger partial charge on any atom is -0.383 e. The van der Waals surface area contributed by atoms with Gasteiger partial charge in [0.15, 0.2) is 5.96 Å². The quantitative estimate of drug-likeness (QED) is 0.390. The molecule has 1 saturated carbocycles. The average Bonchev–Trinajstić information content (AvgIpc) is 2.52. The van der Waals surface area contributed by atoms with Gasteiger partial charge in [0.25, 0.3) is 0 Å². The second kappa shape index (κ2) is 10.9. The average molecular weight is 299 g/mol. The summed E-state index contributed by atoms with van der Waals surface area (Å²) in [6.45, 7) is 8.14. The summed E-state index contributed by atoms with van der Waals surface area (Å²) in [7, 11) is 1.71. The van der Waals surface area contributed by atoms with Gasteiger partial charge in [-0.05, 0) is 26.2 Å². The normalized spacial score (nSPS) is 18.5. The predicted molar refractivity (Wildman–Crippen MR) is 87.9 cm³/mol. The van der Waals surface area contributed by atoms with Gasteiger partial charge in [0, 0.05) is 26.8 Å². The summed E-state index contributed by atoms with van der Waals surface area (Å²) in [4.78, 5) is 4.75. The molecule has 2 N–H and O–H groups in total. The Hall–Kier alpha value is -0.810. The lowest BCUT2D eigenvalue weighted by Gasteiger charge is -2.36. The SMILES string of the molecule is CCCOC1(CN=C(NCC)NCCOC)CCCCC1. The van der Waals surface area contributed by atoms with Crippen LogP contribution in [0.1, 0.15) is 52.4 Å². The van der Waals surface area contributed by atoms with Gasteiger partial charge in [0.2, 0.25) is 0 Å². The molecule has 0 spiro atoms. The van der Waals surface area contributed by atoms with Gasteiger partial charge in [-0.25, -0.2) is 0 Å². The smallest absolute Gasteiger partial charge is 0.191 e. The van der Waals surface area contributed by atoms with E-state index in [9.17, 15) is 0 Å². The number of hydrogen-bond donors (Lipinski definition) is 2. The summed E-state index contributed by atoms with van der Waals surface area (Å²) < 4.78 is 11.3. The van der Waals surface area contributed by atoms with Gasteiger partial charge in [-0.3, -0.25) is 4.99 Å². The number of guanidine groups is 1. The maximum atomic E-state index is 6.19. The Morgan fingerprint density at radius 1 is 1.10 bits per heavy atom. The Morgan fingerprint density at radius 3 is 2.48 bits per heavy atom. The van der Waals surface area contributed by atoms with Crippen LogP contribution in [0, 0.1) is 0 Å². The van der Waals surface area contributed by atoms with Gasteiger partial charge < -0.3 is 20.1 Å². The van der Waals surface area contributed by atoms with Gasteiger partial charge >= 0.3 is 0 Å². The van der Waals surface area contributed by atoms with E-state index in [1.165, 1.54) is 19.3 Å². The second-order valence-corrected chi connectivity index (χ2v) is 5.71. The zero-order valence-electron chi connectivity index (χ0n) is 14.0. The standard InChI is InChI=1S/C16H33N3O2/c1-4-12-21-16(9-7-6-8-10-16)14-19-15(17-5-2)18-11-13-20-3/h4-14H2,1-3H3,(H2,17,18,19). The maximum Gasteiger partial charge on any atom is 0.191 e. The van der Waals surface area contributed by atoms with Gasteiger partial charge in [0.05, 0.1) is 18.8 Å². The fraction of sp³-hybridized carbons (Fsp3) is 0.938. The third-order valence-electron chi connectivity index (χ3n) is 3.85. The van der Waals surface area contributed by atoms with E-state index in [-0.39, 0.29) is 5.60 Å². The second-order valence-electron chi connectivity index (χ2n) is 5.71. The monoisotopic (exact) mass is 299 g/mol. The highest BCUT2D eigenvalue weighted by atomic mass is 16.5. The van der Waals surface area contributed by atoms with E-state index in [1.807, 2.05) is 0 Å². The third kappa shape index (κ3) is 7.14. The van der Waals surface area contributed by atoms with Crippen LogP contribution in [0.25, 0.3) is 0 Å². The molecule has 0 amide bonds. The van der Waals surface area contributed by atoms with Crippen molar-refractivity contribution in [3.63, 3.8) is 0 Å². The van der Waals surface area contributed by atoms with Crippen LogP contribution in [-0.2, 0) is 9.47 Å². The summed E-state index contributed by atoms with van der Waals surface area (Å²) in [5.74, 6) is 0.861. The molecule has 5 nitrogen and oxygen atoms in total. The lowest BCUT2D eigenvalue weighted by molar-refractivity contribution is -0.0624. The molecule has 0 unspecified atom stereocenters. The van der Waals surface area contributed by atoms with Crippen LogP contribution in [0.4, 0.5) is 0 Å². The number of aliphatic imine (C=N–C) groups is 1. The van der Waals surface area contributed by atoms with Gasteiger partial charge in [0.1, 0.15) is 0 Å². The first-order chi connectivity index (χ1) is 10.3. The van der Waals surface area contributed by atoms with Crippen LogP contribution < -0.4 is 10.6 Å². The molecule has 0 radical (unpaired) electrons. The Labute approximate surface area is 129 Å². The van der Waals surface area contributed by atoms with E-state index in [0.717, 1.165) is 51.5 Å². The van der Waals surface area contributed by atoms with Crippen LogP contribution in [0.3, 0.4) is 0 Å². The molecule has 124 valence electrons.